The van der Waals surface area contributed by atoms with Gasteiger partial charge in [-0.2, -0.15) is 0 Å². The Bertz CT molecular complexity index is 729. The number of benzene rings is 2. The molecule has 1 aliphatic rings. The molecule has 120 valence electrons. The van der Waals surface area contributed by atoms with Crippen molar-refractivity contribution in [3.63, 3.8) is 0 Å². The predicted molar refractivity (Wildman–Crippen MR) is 90.0 cm³/mol. The minimum Gasteiger partial charge on any atom is -0.508 e. The first-order chi connectivity index (χ1) is 10.8. The van der Waals surface area contributed by atoms with Crippen LogP contribution in [-0.4, -0.2) is 17.1 Å². The summed E-state index contributed by atoms with van der Waals surface area (Å²) in [4.78, 5) is 12.2. The van der Waals surface area contributed by atoms with Gasteiger partial charge in [-0.1, -0.05) is 45.0 Å². The number of carbonyl (C=O) groups excluding carboxylic acids is 1. The molecule has 1 heterocycles. The molecule has 3 rings (SSSR count). The van der Waals surface area contributed by atoms with Crippen LogP contribution in [0.4, 0.5) is 5.69 Å². The van der Waals surface area contributed by atoms with E-state index in [1.165, 1.54) is 17.7 Å². The van der Waals surface area contributed by atoms with Crippen molar-refractivity contribution in [2.45, 2.75) is 38.7 Å². The fourth-order valence-corrected chi connectivity index (χ4v) is 2.62. The number of hydrogen-bond acceptors (Lipinski definition) is 3. The first-order valence-corrected chi connectivity index (χ1v) is 7.73. The topological polar surface area (TPSA) is 58.6 Å². The molecule has 2 N–H and O–H groups in total. The van der Waals surface area contributed by atoms with Gasteiger partial charge in [0.2, 0.25) is 0 Å². The van der Waals surface area contributed by atoms with Crippen molar-refractivity contribution in [2.75, 3.05) is 5.32 Å². The Labute approximate surface area is 136 Å². The molecule has 0 spiro atoms. The van der Waals surface area contributed by atoms with Crippen LogP contribution in [-0.2, 0) is 16.6 Å². The Morgan fingerprint density at radius 2 is 1.83 bits per heavy atom. The van der Waals surface area contributed by atoms with Gasteiger partial charge in [-0.15, -0.1) is 0 Å². The second-order valence-electron chi connectivity index (χ2n) is 6.93. The normalized spacial score (nSPS) is 17.2. The smallest absolute Gasteiger partial charge is 0.265 e. The molecule has 2 aromatic rings. The number of fused-ring (bicyclic) bond motifs is 1. The van der Waals surface area contributed by atoms with Crippen molar-refractivity contribution in [3.05, 3.63) is 53.6 Å². The highest BCUT2D eigenvalue weighted by Crippen LogP contribution is 2.33. The molecule has 0 aromatic heterocycles. The second kappa shape index (κ2) is 5.61. The highest BCUT2D eigenvalue weighted by molar-refractivity contribution is 5.98. The molecule has 1 atom stereocenters. The first-order valence-electron chi connectivity index (χ1n) is 7.73. The third kappa shape index (κ3) is 3.31. The molecule has 1 unspecified atom stereocenters. The van der Waals surface area contributed by atoms with Crippen LogP contribution < -0.4 is 10.1 Å². The van der Waals surface area contributed by atoms with Crippen LogP contribution in [0.3, 0.4) is 0 Å². The van der Waals surface area contributed by atoms with Crippen LogP contribution in [0.2, 0.25) is 0 Å². The number of anilines is 1. The monoisotopic (exact) mass is 311 g/mol. The number of rotatable bonds is 2. The highest BCUT2D eigenvalue weighted by atomic mass is 16.5. The van der Waals surface area contributed by atoms with Gasteiger partial charge in [0.25, 0.3) is 5.91 Å². The Morgan fingerprint density at radius 3 is 2.48 bits per heavy atom. The van der Waals surface area contributed by atoms with E-state index in [-0.39, 0.29) is 17.1 Å². The Morgan fingerprint density at radius 1 is 1.13 bits per heavy atom. The summed E-state index contributed by atoms with van der Waals surface area (Å²) < 4.78 is 5.75. The number of aromatic hydroxyl groups is 1. The van der Waals surface area contributed by atoms with E-state index in [2.05, 4.69) is 38.2 Å². The number of amides is 1. The molecule has 1 amide bonds. The lowest BCUT2D eigenvalue weighted by Gasteiger charge is -2.26. The molecule has 0 fully saturated rings. The zero-order valence-electron chi connectivity index (χ0n) is 13.6. The zero-order valence-corrected chi connectivity index (χ0v) is 13.6. The largest absolute Gasteiger partial charge is 0.508 e. The average Bonchev–Trinajstić information content (AvgIpc) is 2.48. The van der Waals surface area contributed by atoms with Crippen LogP contribution in [0.5, 0.6) is 11.5 Å². The van der Waals surface area contributed by atoms with Crippen molar-refractivity contribution in [2.24, 2.45) is 0 Å². The molecule has 2 aromatic carbocycles. The molecular formula is C19H21NO3. The number of ether oxygens (including phenoxy) is 1. The van der Waals surface area contributed by atoms with E-state index in [1.54, 1.807) is 6.07 Å². The summed E-state index contributed by atoms with van der Waals surface area (Å²) in [6, 6.07) is 12.9. The molecule has 0 saturated heterocycles. The van der Waals surface area contributed by atoms with Crippen molar-refractivity contribution >= 4 is 11.6 Å². The lowest BCUT2D eigenvalue weighted by Crippen LogP contribution is -2.38. The fourth-order valence-electron chi connectivity index (χ4n) is 2.62. The summed E-state index contributed by atoms with van der Waals surface area (Å²) in [6.45, 7) is 6.51. The van der Waals surface area contributed by atoms with Gasteiger partial charge in [-0.3, -0.25) is 4.79 Å². The molecule has 0 saturated carbocycles. The van der Waals surface area contributed by atoms with Gasteiger partial charge in [-0.25, -0.2) is 0 Å². The highest BCUT2D eigenvalue weighted by Gasteiger charge is 2.28. The number of phenols is 1. The summed E-state index contributed by atoms with van der Waals surface area (Å²) in [7, 11) is 0. The lowest BCUT2D eigenvalue weighted by atomic mass is 9.86. The molecule has 0 radical (unpaired) electrons. The van der Waals surface area contributed by atoms with Crippen LogP contribution >= 0.6 is 0 Å². The Kier molecular flexibility index (Phi) is 3.76. The van der Waals surface area contributed by atoms with Gasteiger partial charge in [0, 0.05) is 12.5 Å². The SMILES string of the molecule is CC(C)(C)c1ccc(CC2Oc3cc(O)ccc3NC2=O)cc1. The van der Waals surface area contributed by atoms with Crippen LogP contribution in [0.15, 0.2) is 42.5 Å². The Hall–Kier alpha value is -2.49. The van der Waals surface area contributed by atoms with E-state index < -0.39 is 6.10 Å². The minimum absolute atomic E-state index is 0.105. The zero-order chi connectivity index (χ0) is 16.6. The van der Waals surface area contributed by atoms with Crippen molar-refractivity contribution in [3.8, 4) is 11.5 Å². The molecule has 4 heteroatoms. The van der Waals surface area contributed by atoms with Gasteiger partial charge in [-0.05, 0) is 28.7 Å². The van der Waals surface area contributed by atoms with Crippen molar-refractivity contribution in [1.82, 2.24) is 0 Å². The van der Waals surface area contributed by atoms with Gasteiger partial charge in [0.15, 0.2) is 6.10 Å². The first kappa shape index (κ1) is 15.4. The predicted octanol–water partition coefficient (Wildman–Crippen LogP) is 3.63. The lowest BCUT2D eigenvalue weighted by molar-refractivity contribution is -0.123. The fraction of sp³-hybridized carbons (Fsp3) is 0.316. The number of phenolic OH excluding ortho intramolecular Hbond substituents is 1. The van der Waals surface area contributed by atoms with E-state index in [1.807, 2.05) is 12.1 Å². The van der Waals surface area contributed by atoms with Gasteiger partial charge in [0.1, 0.15) is 11.5 Å². The van der Waals surface area contributed by atoms with Gasteiger partial charge < -0.3 is 15.2 Å². The standard InChI is InChI=1S/C19H21NO3/c1-19(2,3)13-6-4-12(5-7-13)10-17-18(22)20-15-9-8-14(21)11-16(15)23-17/h4-9,11,17,21H,10H2,1-3H3,(H,20,22). The third-order valence-corrected chi connectivity index (χ3v) is 4.03. The molecule has 0 bridgehead atoms. The summed E-state index contributed by atoms with van der Waals surface area (Å²) in [5.74, 6) is 0.456. The van der Waals surface area contributed by atoms with E-state index in [9.17, 15) is 9.90 Å². The van der Waals surface area contributed by atoms with E-state index in [0.717, 1.165) is 5.56 Å². The number of hydrogen-bond donors (Lipinski definition) is 2. The van der Waals surface area contributed by atoms with Crippen LogP contribution in [0.1, 0.15) is 31.9 Å². The molecule has 0 aliphatic carbocycles. The summed E-state index contributed by atoms with van der Waals surface area (Å²) >= 11 is 0. The second-order valence-corrected chi connectivity index (χ2v) is 6.93. The average molecular weight is 311 g/mol. The molecular weight excluding hydrogens is 290 g/mol. The number of nitrogens with one attached hydrogen (secondary N) is 1. The van der Waals surface area contributed by atoms with Crippen molar-refractivity contribution < 1.29 is 14.6 Å². The summed E-state index contributed by atoms with van der Waals surface area (Å²) in [5.41, 5.74) is 2.99. The van der Waals surface area contributed by atoms with E-state index in [0.29, 0.717) is 17.9 Å². The maximum absolute atomic E-state index is 12.2. The van der Waals surface area contributed by atoms with Crippen LogP contribution in [0.25, 0.3) is 0 Å². The van der Waals surface area contributed by atoms with E-state index in [4.69, 9.17) is 4.74 Å². The van der Waals surface area contributed by atoms with Gasteiger partial charge in [0.05, 0.1) is 5.69 Å². The molecule has 23 heavy (non-hydrogen) atoms. The quantitative estimate of drug-likeness (QED) is 0.833. The minimum atomic E-state index is -0.593. The van der Waals surface area contributed by atoms with Gasteiger partial charge >= 0.3 is 0 Å². The Balaban J connectivity index is 1.77. The maximum atomic E-state index is 12.2. The third-order valence-electron chi connectivity index (χ3n) is 4.03. The number of carbonyl (C=O) groups is 1. The molecule has 1 aliphatic heterocycles. The van der Waals surface area contributed by atoms with Crippen molar-refractivity contribution in [1.29, 1.82) is 0 Å². The summed E-state index contributed by atoms with van der Waals surface area (Å²) in [6.07, 6.45) is -0.101. The maximum Gasteiger partial charge on any atom is 0.265 e. The molecule has 4 nitrogen and oxygen atoms in total. The van der Waals surface area contributed by atoms with E-state index >= 15 is 0 Å². The van der Waals surface area contributed by atoms with Crippen LogP contribution in [0, 0.1) is 0 Å². The summed E-state index contributed by atoms with van der Waals surface area (Å²) in [5, 5.41) is 12.4.